The summed E-state index contributed by atoms with van der Waals surface area (Å²) in [6.07, 6.45) is 13.2. The number of aromatic amines is 1. The molecule has 1 aromatic heterocycles. The summed E-state index contributed by atoms with van der Waals surface area (Å²) in [5.41, 5.74) is 7.77. The van der Waals surface area contributed by atoms with Crippen molar-refractivity contribution in [1.29, 1.82) is 0 Å². The maximum Gasteiger partial charge on any atom is 0.272 e. The third-order valence-corrected chi connectivity index (χ3v) is 17.7. The fourth-order valence-corrected chi connectivity index (χ4v) is 13.4. The van der Waals surface area contributed by atoms with Crippen LogP contribution in [0, 0.1) is 23.1 Å². The van der Waals surface area contributed by atoms with Gasteiger partial charge in [0.25, 0.3) is 11.5 Å². The summed E-state index contributed by atoms with van der Waals surface area (Å²) in [7, 11) is 0. The summed E-state index contributed by atoms with van der Waals surface area (Å²) in [6, 6.07) is 19.2. The van der Waals surface area contributed by atoms with E-state index < -0.39 is 11.7 Å². The van der Waals surface area contributed by atoms with Gasteiger partial charge in [0, 0.05) is 105 Å². The first-order chi connectivity index (χ1) is 36.7. The van der Waals surface area contributed by atoms with Crippen LogP contribution in [-0.2, 0) is 25.5 Å². The molecule has 1 atom stereocenters. The molecule has 5 amide bonds. The number of halogens is 1. The molecule has 7 heterocycles. The number of rotatable bonds is 12. The Morgan fingerprint density at radius 1 is 0.724 bits per heavy atom. The quantitative estimate of drug-likeness (QED) is 0.163. The molecule has 6 aliphatic heterocycles. The van der Waals surface area contributed by atoms with E-state index in [1.807, 2.05) is 40.1 Å². The van der Waals surface area contributed by atoms with Crippen molar-refractivity contribution in [3.63, 3.8) is 0 Å². The van der Waals surface area contributed by atoms with Crippen molar-refractivity contribution >= 4 is 40.3 Å². The zero-order valence-electron chi connectivity index (χ0n) is 44.3. The lowest BCUT2D eigenvalue weighted by atomic mass is 9.62. The number of nitrogens with two attached hydrogens (primary N) is 1. The van der Waals surface area contributed by atoms with E-state index in [1.165, 1.54) is 38.2 Å². The number of carbonyl (C=O) groups excluding carboxylic acids is 5. The molecular formula is C59H80FN9O7. The Labute approximate surface area is 448 Å². The highest BCUT2D eigenvalue weighted by Gasteiger charge is 2.64. The van der Waals surface area contributed by atoms with E-state index in [-0.39, 0.29) is 48.6 Å². The number of piperidine rings is 2. The third kappa shape index (κ3) is 12.2. The average Bonchev–Trinajstić information content (AvgIpc) is 4.01. The lowest BCUT2D eigenvalue weighted by Crippen LogP contribution is -2.54. The highest BCUT2D eigenvalue weighted by Crippen LogP contribution is 2.58. The minimum Gasteiger partial charge on any atom is -0.374 e. The Balaban J connectivity index is 0.000000258. The number of hydrogen-bond acceptors (Lipinski definition) is 10. The number of primary amides is 1. The third-order valence-electron chi connectivity index (χ3n) is 17.7. The van der Waals surface area contributed by atoms with Crippen molar-refractivity contribution in [3.05, 3.63) is 111 Å². The lowest BCUT2D eigenvalue weighted by Gasteiger charge is -2.45. The van der Waals surface area contributed by atoms with Gasteiger partial charge in [-0.25, -0.2) is 9.49 Å². The van der Waals surface area contributed by atoms with Crippen LogP contribution in [0.4, 0.5) is 4.39 Å². The van der Waals surface area contributed by atoms with E-state index in [9.17, 15) is 33.2 Å². The van der Waals surface area contributed by atoms with Gasteiger partial charge in [-0.3, -0.25) is 38.6 Å². The minimum atomic E-state index is -0.586. The standard InChI is InChI=1S/C40H52FN7O4.C19H24N2O3.2H2/c41-35-11-10-31(25-36-32-8-4-5-9-33(32)39(51)43-42-36)24-34(35)40(52)48-22-20-47(21-23-48)38(50)28-44-14-12-30(13-15-44)27-45-16-18-46(19-17-45)37(49)26-29-6-2-1-3-7-29;1-18-10-19(11-18,12-24-18)17(23)21-7-3-6-15(9-21)13-4-2-5-14(8-13)16(20)22;;/h4-5,8-11,24,29-30H,1-3,6-7,12-23,25-28H2,(H,43,51);2,4-5,8,15H,3,6-7,9-12H2,1H3,(H2,20,22);2*1H. The molecule has 2 bridgehead atoms. The predicted molar refractivity (Wildman–Crippen MR) is 291 cm³/mol. The van der Waals surface area contributed by atoms with E-state index in [4.69, 9.17) is 10.5 Å². The Kier molecular flexibility index (Phi) is 16.3. The molecule has 76 heavy (non-hydrogen) atoms. The molecule has 6 saturated heterocycles. The number of fused-ring (bicyclic) bond motifs is 2. The second kappa shape index (κ2) is 23.3. The Morgan fingerprint density at radius 3 is 2.13 bits per heavy atom. The number of likely N-dealkylation sites (tertiary alicyclic amines) is 2. The van der Waals surface area contributed by atoms with Crippen LogP contribution in [0.15, 0.2) is 71.5 Å². The van der Waals surface area contributed by atoms with Crippen LogP contribution in [-0.4, -0.2) is 173 Å². The van der Waals surface area contributed by atoms with Crippen LogP contribution < -0.4 is 11.3 Å². The van der Waals surface area contributed by atoms with E-state index in [2.05, 4.69) is 31.8 Å². The van der Waals surface area contributed by atoms with Crippen molar-refractivity contribution in [2.75, 3.05) is 98.2 Å². The normalized spacial score (nSPS) is 24.7. The maximum atomic E-state index is 15.0. The second-order valence-electron chi connectivity index (χ2n) is 23.3. The molecule has 12 rings (SSSR count). The molecule has 17 heteroatoms. The molecule has 2 saturated carbocycles. The fraction of sp³-hybridized carbons (Fsp3) is 0.576. The summed E-state index contributed by atoms with van der Waals surface area (Å²) < 4.78 is 20.7. The Bertz CT molecular complexity index is 2840. The predicted octanol–water partition coefficient (Wildman–Crippen LogP) is 6.32. The number of benzene rings is 3. The number of nitrogens with zero attached hydrogens (tertiary/aromatic N) is 7. The summed E-state index contributed by atoms with van der Waals surface area (Å²) >= 11 is 0. The molecular weight excluding hydrogens is 966 g/mol. The molecule has 410 valence electrons. The van der Waals surface area contributed by atoms with Gasteiger partial charge in [-0.05, 0) is 125 Å². The van der Waals surface area contributed by atoms with Crippen molar-refractivity contribution < 1.29 is 36.0 Å². The number of ether oxygens (including phenoxy) is 1. The molecule has 3 N–H and O–H groups in total. The lowest BCUT2D eigenvalue weighted by molar-refractivity contribution is -0.147. The number of aromatic nitrogens is 2. The van der Waals surface area contributed by atoms with Crippen molar-refractivity contribution in [2.24, 2.45) is 23.0 Å². The zero-order chi connectivity index (χ0) is 53.0. The molecule has 8 aliphatic rings. The van der Waals surface area contributed by atoms with Crippen LogP contribution in [0.25, 0.3) is 10.8 Å². The van der Waals surface area contributed by atoms with Crippen LogP contribution >= 0.6 is 0 Å². The summed E-state index contributed by atoms with van der Waals surface area (Å²) in [6.45, 7) is 12.6. The minimum absolute atomic E-state index is 0. The van der Waals surface area contributed by atoms with Gasteiger partial charge in [-0.1, -0.05) is 55.7 Å². The average molecular weight is 1050 g/mol. The number of H-pyrrole nitrogens is 1. The number of piperazine rings is 2. The maximum absolute atomic E-state index is 15.0. The van der Waals surface area contributed by atoms with Gasteiger partial charge in [0.05, 0.1) is 40.8 Å². The smallest absolute Gasteiger partial charge is 0.272 e. The van der Waals surface area contributed by atoms with E-state index >= 15 is 0 Å². The summed E-state index contributed by atoms with van der Waals surface area (Å²) in [4.78, 5) is 88.5. The Hall–Kier alpha value is -6.04. The SMILES string of the molecule is CC12CC(C(=O)N3CCCC(c4cccc(C(N)=O)c4)C3)(CO1)C2.O=C(CC1CCCCC1)N1CCN(CC2CCN(CC(=O)N3CCN(C(=O)c4cc(Cc5n[nH]c(=O)c6ccccc56)ccc4F)CC3)CC2)CC1.[HH].[HH]. The fourth-order valence-electron chi connectivity index (χ4n) is 13.4. The van der Waals surface area contributed by atoms with Gasteiger partial charge in [0.1, 0.15) is 5.82 Å². The monoisotopic (exact) mass is 1050 g/mol. The molecule has 1 unspecified atom stereocenters. The first kappa shape index (κ1) is 53.4. The van der Waals surface area contributed by atoms with Crippen LogP contribution in [0.3, 0.4) is 0 Å². The first-order valence-electron chi connectivity index (χ1n) is 28.1. The number of nitrogens with one attached hydrogen (secondary N) is 1. The van der Waals surface area contributed by atoms with E-state index in [1.54, 1.807) is 35.2 Å². The summed E-state index contributed by atoms with van der Waals surface area (Å²) in [5, 5.41) is 8.00. The second-order valence-corrected chi connectivity index (χ2v) is 23.3. The zero-order valence-corrected chi connectivity index (χ0v) is 44.3. The molecule has 3 aromatic carbocycles. The van der Waals surface area contributed by atoms with Crippen molar-refractivity contribution in [2.45, 2.75) is 102 Å². The van der Waals surface area contributed by atoms with E-state index in [0.717, 1.165) is 115 Å². The number of hydrogen-bond donors (Lipinski definition) is 2. The van der Waals surface area contributed by atoms with Crippen molar-refractivity contribution in [1.82, 2.24) is 39.6 Å². The molecule has 8 fully saturated rings. The van der Waals surface area contributed by atoms with Gasteiger partial charge in [0.15, 0.2) is 0 Å². The molecule has 16 nitrogen and oxygen atoms in total. The first-order valence-corrected chi connectivity index (χ1v) is 28.1. The highest BCUT2D eigenvalue weighted by molar-refractivity contribution is 5.95. The molecule has 4 aromatic rings. The van der Waals surface area contributed by atoms with Gasteiger partial charge < -0.3 is 30.1 Å². The van der Waals surface area contributed by atoms with E-state index in [0.29, 0.717) is 85.7 Å². The van der Waals surface area contributed by atoms with Gasteiger partial charge in [-0.15, -0.1) is 0 Å². The molecule has 0 radical (unpaired) electrons. The van der Waals surface area contributed by atoms with Gasteiger partial charge >= 0.3 is 0 Å². The number of amides is 5. The Morgan fingerprint density at radius 2 is 1.42 bits per heavy atom. The largest absolute Gasteiger partial charge is 0.374 e. The van der Waals surface area contributed by atoms with Crippen LogP contribution in [0.5, 0.6) is 0 Å². The highest BCUT2D eigenvalue weighted by atomic mass is 19.1. The van der Waals surface area contributed by atoms with Crippen LogP contribution in [0.1, 0.15) is 130 Å². The van der Waals surface area contributed by atoms with Gasteiger partial charge in [-0.2, -0.15) is 5.10 Å². The van der Waals surface area contributed by atoms with Crippen molar-refractivity contribution in [3.8, 4) is 0 Å². The summed E-state index contributed by atoms with van der Waals surface area (Å²) in [5.74, 6) is 0.774. The topological polar surface area (TPSA) is 186 Å². The molecule has 0 spiro atoms. The molecule has 2 aliphatic carbocycles. The van der Waals surface area contributed by atoms with Gasteiger partial charge in [0.2, 0.25) is 23.6 Å². The number of carbonyl (C=O) groups is 5. The van der Waals surface area contributed by atoms with Crippen LogP contribution in [0.2, 0.25) is 0 Å².